The summed E-state index contributed by atoms with van der Waals surface area (Å²) in [5.74, 6) is 0.919. The molecule has 0 aliphatic heterocycles. The molecule has 3 aromatic rings. The molecule has 0 aliphatic rings. The SMILES string of the molecule is COc1cc(O)c2c(=O)c3c(OC)ccc(OC)c3oc2c1. The number of methoxy groups -OCH3 is 3. The molecule has 0 fully saturated rings. The van der Waals surface area contributed by atoms with E-state index >= 15 is 0 Å². The van der Waals surface area contributed by atoms with Gasteiger partial charge in [0.2, 0.25) is 5.43 Å². The van der Waals surface area contributed by atoms with Crippen molar-refractivity contribution in [3.63, 3.8) is 0 Å². The highest BCUT2D eigenvalue weighted by Gasteiger charge is 2.19. The van der Waals surface area contributed by atoms with Gasteiger partial charge < -0.3 is 23.7 Å². The van der Waals surface area contributed by atoms with Gasteiger partial charge in [0.05, 0.1) is 21.3 Å². The molecule has 0 atom stereocenters. The Morgan fingerprint density at radius 3 is 2.27 bits per heavy atom. The Morgan fingerprint density at radius 2 is 1.64 bits per heavy atom. The van der Waals surface area contributed by atoms with E-state index in [1.807, 2.05) is 0 Å². The van der Waals surface area contributed by atoms with Crippen LogP contribution in [0.1, 0.15) is 0 Å². The van der Waals surface area contributed by atoms with Crippen LogP contribution in [0.15, 0.2) is 33.5 Å². The second-order valence-corrected chi connectivity index (χ2v) is 4.63. The minimum absolute atomic E-state index is 0.0693. The molecule has 1 aromatic heterocycles. The van der Waals surface area contributed by atoms with Crippen LogP contribution in [0.2, 0.25) is 0 Å². The molecule has 0 bridgehead atoms. The third-order valence-corrected chi connectivity index (χ3v) is 3.48. The first-order chi connectivity index (χ1) is 10.6. The number of hydrogen-bond acceptors (Lipinski definition) is 6. The first-order valence-electron chi connectivity index (χ1n) is 6.49. The molecule has 6 nitrogen and oxygen atoms in total. The Morgan fingerprint density at radius 1 is 0.955 bits per heavy atom. The van der Waals surface area contributed by atoms with Gasteiger partial charge in [-0.15, -0.1) is 0 Å². The number of benzene rings is 2. The number of phenolic OH excluding ortho intramolecular Hbond substituents is 1. The molecule has 0 saturated heterocycles. The number of ether oxygens (including phenoxy) is 3. The highest BCUT2D eigenvalue weighted by atomic mass is 16.5. The summed E-state index contributed by atoms with van der Waals surface area (Å²) in [6, 6.07) is 6.16. The maximum atomic E-state index is 12.8. The smallest absolute Gasteiger partial charge is 0.208 e. The van der Waals surface area contributed by atoms with Crippen LogP contribution in [-0.2, 0) is 0 Å². The summed E-state index contributed by atoms with van der Waals surface area (Å²) in [5, 5.41) is 10.4. The zero-order valence-electron chi connectivity index (χ0n) is 12.3. The molecule has 22 heavy (non-hydrogen) atoms. The van der Waals surface area contributed by atoms with Gasteiger partial charge in [-0.2, -0.15) is 0 Å². The molecule has 3 rings (SSSR count). The van der Waals surface area contributed by atoms with Gasteiger partial charge in [0.15, 0.2) is 11.3 Å². The Kier molecular flexibility index (Phi) is 3.29. The van der Waals surface area contributed by atoms with Crippen LogP contribution in [0.5, 0.6) is 23.0 Å². The van der Waals surface area contributed by atoms with Crippen LogP contribution in [-0.4, -0.2) is 26.4 Å². The van der Waals surface area contributed by atoms with Gasteiger partial charge in [-0.25, -0.2) is 0 Å². The third kappa shape index (κ3) is 1.92. The van der Waals surface area contributed by atoms with Crippen molar-refractivity contribution in [3.8, 4) is 23.0 Å². The fourth-order valence-electron chi connectivity index (χ4n) is 2.43. The van der Waals surface area contributed by atoms with E-state index in [-0.39, 0.29) is 27.7 Å². The van der Waals surface area contributed by atoms with E-state index in [9.17, 15) is 9.90 Å². The summed E-state index contributed by atoms with van der Waals surface area (Å²) in [5.41, 5.74) is 0.0695. The van der Waals surface area contributed by atoms with Gasteiger partial charge in [0, 0.05) is 12.1 Å². The van der Waals surface area contributed by atoms with Crippen molar-refractivity contribution in [1.29, 1.82) is 0 Å². The molecule has 6 heteroatoms. The van der Waals surface area contributed by atoms with Crippen molar-refractivity contribution < 1.29 is 23.7 Å². The van der Waals surface area contributed by atoms with Crippen molar-refractivity contribution in [2.45, 2.75) is 0 Å². The van der Waals surface area contributed by atoms with E-state index < -0.39 is 5.43 Å². The van der Waals surface area contributed by atoms with Gasteiger partial charge in [0.25, 0.3) is 0 Å². The molecule has 0 radical (unpaired) electrons. The average Bonchev–Trinajstić information content (AvgIpc) is 2.53. The molecule has 1 N–H and O–H groups in total. The van der Waals surface area contributed by atoms with Crippen molar-refractivity contribution >= 4 is 21.9 Å². The van der Waals surface area contributed by atoms with Crippen LogP contribution < -0.4 is 19.6 Å². The monoisotopic (exact) mass is 302 g/mol. The second kappa shape index (κ2) is 5.14. The second-order valence-electron chi connectivity index (χ2n) is 4.63. The molecule has 0 saturated carbocycles. The Bertz CT molecular complexity index is 925. The maximum Gasteiger partial charge on any atom is 0.208 e. The normalized spacial score (nSPS) is 10.9. The maximum absolute atomic E-state index is 12.8. The number of phenols is 1. The van der Waals surface area contributed by atoms with Gasteiger partial charge in [-0.05, 0) is 12.1 Å². The predicted molar refractivity (Wildman–Crippen MR) is 81.3 cm³/mol. The third-order valence-electron chi connectivity index (χ3n) is 3.48. The van der Waals surface area contributed by atoms with Crippen LogP contribution in [0, 0.1) is 0 Å². The topological polar surface area (TPSA) is 78.1 Å². The Balaban J connectivity index is 2.57. The molecular weight excluding hydrogens is 288 g/mol. The van der Waals surface area contributed by atoms with E-state index in [0.29, 0.717) is 17.2 Å². The highest BCUT2D eigenvalue weighted by molar-refractivity contribution is 5.98. The van der Waals surface area contributed by atoms with Gasteiger partial charge in [-0.3, -0.25) is 4.79 Å². The van der Waals surface area contributed by atoms with Crippen molar-refractivity contribution in [1.82, 2.24) is 0 Å². The van der Waals surface area contributed by atoms with E-state index in [0.717, 1.165) is 0 Å². The van der Waals surface area contributed by atoms with E-state index in [1.165, 1.54) is 33.5 Å². The van der Waals surface area contributed by atoms with Crippen molar-refractivity contribution in [3.05, 3.63) is 34.5 Å². The van der Waals surface area contributed by atoms with Crippen LogP contribution in [0.3, 0.4) is 0 Å². The Labute approximate surface area is 125 Å². The fraction of sp³-hybridized carbons (Fsp3) is 0.188. The summed E-state index contributed by atoms with van der Waals surface area (Å²) in [7, 11) is 4.40. The van der Waals surface area contributed by atoms with E-state index in [4.69, 9.17) is 18.6 Å². The molecule has 2 aromatic carbocycles. The lowest BCUT2D eigenvalue weighted by Gasteiger charge is -2.10. The largest absolute Gasteiger partial charge is 0.507 e. The number of hydrogen-bond donors (Lipinski definition) is 1. The number of fused-ring (bicyclic) bond motifs is 2. The van der Waals surface area contributed by atoms with Gasteiger partial charge in [-0.1, -0.05) is 0 Å². The lowest BCUT2D eigenvalue weighted by Crippen LogP contribution is -2.05. The minimum atomic E-state index is -0.396. The van der Waals surface area contributed by atoms with Gasteiger partial charge in [0.1, 0.15) is 33.6 Å². The summed E-state index contributed by atoms with van der Waals surface area (Å²) < 4.78 is 21.3. The molecule has 1 heterocycles. The molecule has 114 valence electrons. The summed E-state index contributed by atoms with van der Waals surface area (Å²) >= 11 is 0. The Hall–Kier alpha value is -2.89. The first-order valence-corrected chi connectivity index (χ1v) is 6.49. The molecule has 0 unspecified atom stereocenters. The van der Waals surface area contributed by atoms with Crippen LogP contribution in [0.4, 0.5) is 0 Å². The molecular formula is C16H14O6. The minimum Gasteiger partial charge on any atom is -0.507 e. The standard InChI is InChI=1S/C16H14O6/c1-19-8-6-9(17)13-12(7-8)22-16-11(21-3)5-4-10(20-2)14(16)15(13)18/h4-7,17H,1-3H3. The molecule has 0 spiro atoms. The zero-order chi connectivity index (χ0) is 15.9. The van der Waals surface area contributed by atoms with Crippen molar-refractivity contribution in [2.24, 2.45) is 0 Å². The summed E-state index contributed by atoms with van der Waals surface area (Å²) in [4.78, 5) is 12.8. The lowest BCUT2D eigenvalue weighted by molar-refractivity contribution is 0.401. The summed E-state index contributed by atoms with van der Waals surface area (Å²) in [6.45, 7) is 0. The summed E-state index contributed by atoms with van der Waals surface area (Å²) in [6.07, 6.45) is 0. The van der Waals surface area contributed by atoms with Crippen LogP contribution in [0.25, 0.3) is 21.9 Å². The average molecular weight is 302 g/mol. The fourth-order valence-corrected chi connectivity index (χ4v) is 2.43. The van der Waals surface area contributed by atoms with Gasteiger partial charge >= 0.3 is 0 Å². The predicted octanol–water partition coefficient (Wildman–Crippen LogP) is 2.68. The molecule has 0 amide bonds. The highest BCUT2D eigenvalue weighted by Crippen LogP contribution is 2.36. The zero-order valence-corrected chi connectivity index (χ0v) is 12.3. The number of aromatic hydroxyl groups is 1. The van der Waals surface area contributed by atoms with E-state index in [2.05, 4.69) is 0 Å². The first kappa shape index (κ1) is 14.1. The van der Waals surface area contributed by atoms with E-state index in [1.54, 1.807) is 12.1 Å². The quantitative estimate of drug-likeness (QED) is 0.749. The lowest BCUT2D eigenvalue weighted by atomic mass is 10.1. The molecule has 0 aliphatic carbocycles. The number of rotatable bonds is 3. The van der Waals surface area contributed by atoms with Crippen molar-refractivity contribution in [2.75, 3.05) is 21.3 Å². The van der Waals surface area contributed by atoms with Crippen LogP contribution >= 0.6 is 0 Å².